The van der Waals surface area contributed by atoms with Gasteiger partial charge in [0, 0.05) is 38.6 Å². The lowest BCUT2D eigenvalue weighted by Crippen LogP contribution is -2.48. The average Bonchev–Trinajstić information content (AvgIpc) is 2.63. The van der Waals surface area contributed by atoms with Crippen LogP contribution in [0, 0.1) is 4.77 Å². The summed E-state index contributed by atoms with van der Waals surface area (Å²) in [7, 11) is -4.06. The van der Waals surface area contributed by atoms with E-state index in [9.17, 15) is 21.6 Å². The highest BCUT2D eigenvalue weighted by Crippen LogP contribution is 2.36. The summed E-state index contributed by atoms with van der Waals surface area (Å²) in [5.41, 5.74) is -1.17. The van der Waals surface area contributed by atoms with E-state index < -0.39 is 31.7 Å². The standard InChI is InChI=1S/C16H16ClF3N4O2S2/c17-14-3-2-12(10-13(14)16(18,19)20)28(25,26)24-8-6-22(7-9-24)11-23-5-1-4-21-15(23)27/h1-5,10H,6-9,11H2. The number of nitrogens with zero attached hydrogens (tertiary/aromatic N) is 4. The molecule has 0 amide bonds. The molecule has 0 spiro atoms. The van der Waals surface area contributed by atoms with Crippen molar-refractivity contribution in [2.24, 2.45) is 0 Å². The minimum absolute atomic E-state index is 0.153. The number of benzene rings is 1. The molecule has 0 atom stereocenters. The first kappa shape index (κ1) is 21.2. The monoisotopic (exact) mass is 452 g/mol. The Kier molecular flexibility index (Phi) is 6.11. The van der Waals surface area contributed by atoms with Gasteiger partial charge < -0.3 is 4.57 Å². The maximum absolute atomic E-state index is 13.0. The Labute approximate surface area is 170 Å². The maximum Gasteiger partial charge on any atom is 0.417 e. The Morgan fingerprint density at radius 2 is 1.86 bits per heavy atom. The Morgan fingerprint density at radius 3 is 2.46 bits per heavy atom. The largest absolute Gasteiger partial charge is 0.417 e. The molecule has 1 aliphatic rings. The topological polar surface area (TPSA) is 58.4 Å². The maximum atomic E-state index is 13.0. The highest BCUT2D eigenvalue weighted by atomic mass is 35.5. The third-order valence-corrected chi connectivity index (χ3v) is 6.91. The lowest BCUT2D eigenvalue weighted by Gasteiger charge is -2.34. The number of halogens is 4. The molecular weight excluding hydrogens is 437 g/mol. The van der Waals surface area contributed by atoms with E-state index in [4.69, 9.17) is 23.8 Å². The van der Waals surface area contributed by atoms with Gasteiger partial charge in [-0.1, -0.05) is 11.6 Å². The lowest BCUT2D eigenvalue weighted by molar-refractivity contribution is -0.137. The molecule has 1 aromatic carbocycles. The van der Waals surface area contributed by atoms with Crippen molar-refractivity contribution < 1.29 is 21.6 Å². The van der Waals surface area contributed by atoms with Crippen LogP contribution in [0.5, 0.6) is 0 Å². The summed E-state index contributed by atoms with van der Waals surface area (Å²) in [5.74, 6) is 0. The zero-order chi connectivity index (χ0) is 20.5. The van der Waals surface area contributed by atoms with Crippen LogP contribution in [-0.2, 0) is 22.9 Å². The summed E-state index contributed by atoms with van der Waals surface area (Å²) >= 11 is 10.7. The Balaban J connectivity index is 1.73. The third-order valence-electron chi connectivity index (χ3n) is 4.35. The van der Waals surface area contributed by atoms with Crippen LogP contribution < -0.4 is 0 Å². The van der Waals surface area contributed by atoms with E-state index in [1.54, 1.807) is 23.0 Å². The molecule has 28 heavy (non-hydrogen) atoms. The van der Waals surface area contributed by atoms with E-state index in [1.807, 2.05) is 4.90 Å². The predicted molar refractivity (Wildman–Crippen MR) is 99.8 cm³/mol. The summed E-state index contributed by atoms with van der Waals surface area (Å²) in [4.78, 5) is 5.58. The molecule has 0 saturated carbocycles. The quantitative estimate of drug-likeness (QED) is 0.666. The molecule has 1 aliphatic heterocycles. The van der Waals surface area contributed by atoms with E-state index >= 15 is 0 Å². The molecular formula is C16H16ClF3N4O2S2. The van der Waals surface area contributed by atoms with Gasteiger partial charge in [0.1, 0.15) is 0 Å². The second-order valence-electron chi connectivity index (χ2n) is 6.18. The fourth-order valence-electron chi connectivity index (χ4n) is 2.85. The molecule has 0 radical (unpaired) electrons. The van der Waals surface area contributed by atoms with Crippen molar-refractivity contribution in [2.45, 2.75) is 17.7 Å². The SMILES string of the molecule is O=S(=O)(c1ccc(Cl)c(C(F)(F)F)c1)N1CCN(Cn2cccnc2=S)CC1. The Bertz CT molecular complexity index is 1020. The van der Waals surface area contributed by atoms with Gasteiger partial charge >= 0.3 is 6.18 Å². The van der Waals surface area contributed by atoms with Crippen LogP contribution in [-0.4, -0.2) is 53.4 Å². The third kappa shape index (κ3) is 4.54. The van der Waals surface area contributed by atoms with Crippen molar-refractivity contribution in [1.82, 2.24) is 18.8 Å². The Morgan fingerprint density at radius 1 is 1.18 bits per heavy atom. The van der Waals surface area contributed by atoms with Crippen molar-refractivity contribution in [1.29, 1.82) is 0 Å². The second kappa shape index (κ2) is 8.07. The summed E-state index contributed by atoms with van der Waals surface area (Å²) in [6, 6.07) is 4.38. The second-order valence-corrected chi connectivity index (χ2v) is 8.89. The van der Waals surface area contributed by atoms with Crippen LogP contribution in [0.3, 0.4) is 0 Å². The zero-order valence-corrected chi connectivity index (χ0v) is 16.8. The minimum Gasteiger partial charge on any atom is -0.310 e. The van der Waals surface area contributed by atoms with Gasteiger partial charge in [-0.05, 0) is 36.5 Å². The van der Waals surface area contributed by atoms with Crippen molar-refractivity contribution >= 4 is 33.8 Å². The first-order valence-electron chi connectivity index (χ1n) is 8.20. The number of hydrogen-bond acceptors (Lipinski definition) is 5. The molecule has 3 rings (SSSR count). The highest BCUT2D eigenvalue weighted by molar-refractivity contribution is 7.89. The summed E-state index contributed by atoms with van der Waals surface area (Å²) in [6.07, 6.45) is -1.36. The van der Waals surface area contributed by atoms with Crippen LogP contribution in [0.15, 0.2) is 41.6 Å². The van der Waals surface area contributed by atoms with E-state index in [-0.39, 0.29) is 13.1 Å². The number of rotatable bonds is 4. The lowest BCUT2D eigenvalue weighted by atomic mass is 10.2. The van der Waals surface area contributed by atoms with Crippen molar-refractivity contribution in [2.75, 3.05) is 26.2 Å². The zero-order valence-electron chi connectivity index (χ0n) is 14.4. The fraction of sp³-hybridized carbons (Fsp3) is 0.375. The molecule has 152 valence electrons. The number of aromatic nitrogens is 2. The van der Waals surface area contributed by atoms with E-state index in [0.29, 0.717) is 30.6 Å². The van der Waals surface area contributed by atoms with E-state index in [1.165, 1.54) is 4.31 Å². The molecule has 1 saturated heterocycles. The summed E-state index contributed by atoms with van der Waals surface area (Å²) < 4.78 is 68.0. The van der Waals surface area contributed by atoms with Gasteiger partial charge in [-0.25, -0.2) is 13.4 Å². The molecule has 1 aromatic heterocycles. The van der Waals surface area contributed by atoms with Gasteiger partial charge in [0.15, 0.2) is 0 Å². The molecule has 6 nitrogen and oxygen atoms in total. The molecule has 2 aromatic rings. The normalized spacial score (nSPS) is 17.0. The summed E-state index contributed by atoms with van der Waals surface area (Å²) in [5, 5.41) is -0.538. The van der Waals surface area contributed by atoms with Crippen LogP contribution >= 0.6 is 23.8 Å². The van der Waals surface area contributed by atoms with Crippen LogP contribution in [0.2, 0.25) is 5.02 Å². The molecule has 0 bridgehead atoms. The average molecular weight is 453 g/mol. The highest BCUT2D eigenvalue weighted by Gasteiger charge is 2.36. The van der Waals surface area contributed by atoms with Gasteiger partial charge in [0.05, 0.1) is 22.2 Å². The number of sulfonamides is 1. The van der Waals surface area contributed by atoms with Gasteiger partial charge in [0.25, 0.3) is 0 Å². The molecule has 0 N–H and O–H groups in total. The summed E-state index contributed by atoms with van der Waals surface area (Å²) in [6.45, 7) is 1.59. The molecule has 1 fully saturated rings. The Hall–Kier alpha value is -1.53. The molecule has 0 aliphatic carbocycles. The van der Waals surface area contributed by atoms with Crippen LogP contribution in [0.1, 0.15) is 5.56 Å². The minimum atomic E-state index is -4.73. The molecule has 0 unspecified atom stereocenters. The van der Waals surface area contributed by atoms with Gasteiger partial charge in [0.2, 0.25) is 14.8 Å². The van der Waals surface area contributed by atoms with Crippen molar-refractivity contribution in [3.8, 4) is 0 Å². The van der Waals surface area contributed by atoms with E-state index in [0.717, 1.165) is 12.1 Å². The van der Waals surface area contributed by atoms with Gasteiger partial charge in [-0.3, -0.25) is 4.90 Å². The smallest absolute Gasteiger partial charge is 0.310 e. The molecule has 2 heterocycles. The van der Waals surface area contributed by atoms with Crippen LogP contribution in [0.25, 0.3) is 0 Å². The predicted octanol–water partition coefficient (Wildman–Crippen LogP) is 3.25. The molecule has 12 heteroatoms. The van der Waals surface area contributed by atoms with E-state index in [2.05, 4.69) is 4.98 Å². The van der Waals surface area contributed by atoms with Gasteiger partial charge in [-0.15, -0.1) is 0 Å². The first-order chi connectivity index (χ1) is 13.1. The van der Waals surface area contributed by atoms with Crippen molar-refractivity contribution in [3.05, 3.63) is 52.0 Å². The first-order valence-corrected chi connectivity index (χ1v) is 10.4. The number of hydrogen-bond donors (Lipinski definition) is 0. The van der Waals surface area contributed by atoms with Crippen LogP contribution in [0.4, 0.5) is 13.2 Å². The fourth-order valence-corrected chi connectivity index (χ4v) is 4.71. The number of piperazine rings is 1. The van der Waals surface area contributed by atoms with Crippen molar-refractivity contribution in [3.63, 3.8) is 0 Å². The van der Waals surface area contributed by atoms with Gasteiger partial charge in [-0.2, -0.15) is 17.5 Å². The number of alkyl halides is 3.